The molecule has 5 rings (SSSR count). The average molecular weight is 441 g/mol. The molecule has 8 nitrogen and oxygen atoms in total. The zero-order chi connectivity index (χ0) is 22.1. The summed E-state index contributed by atoms with van der Waals surface area (Å²) in [5.74, 6) is 2.12. The van der Waals surface area contributed by atoms with Crippen LogP contribution in [0.25, 0.3) is 10.9 Å². The summed E-state index contributed by atoms with van der Waals surface area (Å²) in [7, 11) is 1.85. The van der Waals surface area contributed by atoms with Gasteiger partial charge in [0.15, 0.2) is 0 Å². The lowest BCUT2D eigenvalue weighted by Crippen LogP contribution is -2.26. The Morgan fingerprint density at radius 1 is 1.12 bits per heavy atom. The lowest BCUT2D eigenvalue weighted by atomic mass is 9.82. The molecule has 0 unspecified atom stereocenters. The zero-order valence-corrected chi connectivity index (χ0v) is 18.7. The molecule has 0 spiro atoms. The second kappa shape index (κ2) is 9.27. The summed E-state index contributed by atoms with van der Waals surface area (Å²) >= 11 is 0. The van der Waals surface area contributed by atoms with Gasteiger partial charge in [-0.15, -0.1) is 0 Å². The maximum atomic E-state index is 11.9. The topological polar surface area (TPSA) is 97.7 Å². The van der Waals surface area contributed by atoms with Gasteiger partial charge in [0.1, 0.15) is 11.9 Å². The normalized spacial score (nSPS) is 27.2. The van der Waals surface area contributed by atoms with E-state index in [1.54, 1.807) is 4.90 Å². The Labute approximate surface area is 188 Å². The van der Waals surface area contributed by atoms with E-state index in [1.807, 2.05) is 19.4 Å². The van der Waals surface area contributed by atoms with Crippen molar-refractivity contribution in [2.75, 3.05) is 26.8 Å². The highest BCUT2D eigenvalue weighted by Crippen LogP contribution is 2.38. The smallest absolute Gasteiger partial charge is 0.224 e. The Hall–Kier alpha value is -2.32. The number of fused-ring (bicyclic) bond motifs is 1. The Kier molecular flexibility index (Phi) is 6.24. The molecule has 1 amide bonds. The molecular weight excluding hydrogens is 408 g/mol. The van der Waals surface area contributed by atoms with Gasteiger partial charge in [0, 0.05) is 57.2 Å². The third kappa shape index (κ3) is 4.57. The summed E-state index contributed by atoms with van der Waals surface area (Å²) in [5, 5.41) is 10.8. The first-order valence-electron chi connectivity index (χ1n) is 11.9. The van der Waals surface area contributed by atoms with Crippen LogP contribution >= 0.6 is 0 Å². The molecule has 8 heteroatoms. The maximum absolute atomic E-state index is 11.9. The number of ether oxygens (including phenoxy) is 2. The van der Waals surface area contributed by atoms with Crippen molar-refractivity contribution >= 4 is 16.8 Å². The molecule has 0 radical (unpaired) electrons. The number of aliphatic hydroxyl groups is 1. The van der Waals surface area contributed by atoms with E-state index in [2.05, 4.69) is 4.98 Å². The van der Waals surface area contributed by atoms with Gasteiger partial charge in [-0.2, -0.15) is 0 Å². The van der Waals surface area contributed by atoms with E-state index < -0.39 is 0 Å². The number of aromatic nitrogens is 3. The molecule has 1 saturated carbocycles. The molecule has 172 valence electrons. The largest absolute Gasteiger partial charge is 0.474 e. The summed E-state index contributed by atoms with van der Waals surface area (Å²) in [6.45, 7) is 2.17. The standard InChI is InChI=1S/C24H32N4O4/c1-28-14-15(11-22(28)30)10-21-25-13-20-23(27-21)19(16-2-4-17(29)5-3-16)12-26-24(20)32-18-6-8-31-9-7-18/h12-13,15-18,29H,2-11,14H2,1H3/t15-,16?,17?/m1/s1. The lowest BCUT2D eigenvalue weighted by Gasteiger charge is -2.27. The molecule has 2 aliphatic heterocycles. The summed E-state index contributed by atoms with van der Waals surface area (Å²) in [6, 6.07) is 0. The number of hydrogen-bond acceptors (Lipinski definition) is 7. The predicted octanol–water partition coefficient (Wildman–Crippen LogP) is 2.62. The van der Waals surface area contributed by atoms with Gasteiger partial charge in [-0.05, 0) is 37.5 Å². The number of pyridine rings is 1. The first kappa shape index (κ1) is 21.5. The van der Waals surface area contributed by atoms with Crippen molar-refractivity contribution in [3.63, 3.8) is 0 Å². The quantitative estimate of drug-likeness (QED) is 0.763. The minimum atomic E-state index is -0.205. The van der Waals surface area contributed by atoms with Crippen LogP contribution in [-0.2, 0) is 16.0 Å². The number of aliphatic hydroxyl groups excluding tert-OH is 1. The van der Waals surface area contributed by atoms with Gasteiger partial charge in [-0.25, -0.2) is 15.0 Å². The van der Waals surface area contributed by atoms with Crippen LogP contribution in [0.5, 0.6) is 5.88 Å². The van der Waals surface area contributed by atoms with Gasteiger partial charge in [0.2, 0.25) is 11.8 Å². The van der Waals surface area contributed by atoms with E-state index in [0.717, 1.165) is 67.4 Å². The van der Waals surface area contributed by atoms with Crippen LogP contribution in [0.2, 0.25) is 0 Å². The molecule has 3 aliphatic rings. The minimum absolute atomic E-state index is 0.0924. The van der Waals surface area contributed by atoms with Crippen molar-refractivity contribution in [3.8, 4) is 5.88 Å². The molecule has 1 aliphatic carbocycles. The molecule has 2 saturated heterocycles. The summed E-state index contributed by atoms with van der Waals surface area (Å²) in [4.78, 5) is 28.1. The van der Waals surface area contributed by atoms with Crippen LogP contribution in [0.3, 0.4) is 0 Å². The van der Waals surface area contributed by atoms with Crippen LogP contribution < -0.4 is 4.74 Å². The summed E-state index contributed by atoms with van der Waals surface area (Å²) < 4.78 is 11.7. The molecule has 1 atom stereocenters. The highest BCUT2D eigenvalue weighted by molar-refractivity contribution is 5.86. The van der Waals surface area contributed by atoms with Gasteiger partial charge in [-0.3, -0.25) is 4.79 Å². The van der Waals surface area contributed by atoms with E-state index in [1.165, 1.54) is 0 Å². The summed E-state index contributed by atoms with van der Waals surface area (Å²) in [5.41, 5.74) is 2.03. The van der Waals surface area contributed by atoms with Crippen LogP contribution in [0.1, 0.15) is 62.3 Å². The van der Waals surface area contributed by atoms with E-state index in [9.17, 15) is 9.90 Å². The maximum Gasteiger partial charge on any atom is 0.224 e. The fraction of sp³-hybridized carbons (Fsp3) is 0.667. The van der Waals surface area contributed by atoms with Crippen LogP contribution in [0.15, 0.2) is 12.4 Å². The Morgan fingerprint density at radius 3 is 2.62 bits per heavy atom. The van der Waals surface area contributed by atoms with Crippen molar-refractivity contribution in [1.82, 2.24) is 19.9 Å². The number of amides is 1. The zero-order valence-electron chi connectivity index (χ0n) is 18.7. The number of carbonyl (C=O) groups excluding carboxylic acids is 1. The third-order valence-corrected chi connectivity index (χ3v) is 7.14. The predicted molar refractivity (Wildman–Crippen MR) is 118 cm³/mol. The van der Waals surface area contributed by atoms with Crippen molar-refractivity contribution in [3.05, 3.63) is 23.8 Å². The molecule has 1 N–H and O–H groups in total. The van der Waals surface area contributed by atoms with E-state index in [-0.39, 0.29) is 24.0 Å². The van der Waals surface area contributed by atoms with E-state index in [0.29, 0.717) is 37.9 Å². The number of hydrogen-bond donors (Lipinski definition) is 1. The highest BCUT2D eigenvalue weighted by atomic mass is 16.5. The van der Waals surface area contributed by atoms with E-state index in [4.69, 9.17) is 19.4 Å². The molecular formula is C24H32N4O4. The Morgan fingerprint density at radius 2 is 1.91 bits per heavy atom. The van der Waals surface area contributed by atoms with E-state index >= 15 is 0 Å². The second-order valence-corrected chi connectivity index (χ2v) is 9.55. The van der Waals surface area contributed by atoms with Crippen LogP contribution in [0, 0.1) is 5.92 Å². The SMILES string of the molecule is CN1C[C@H](Cc2ncc3c(OC4CCOCC4)ncc(C4CCC(O)CC4)c3n2)CC1=O. The van der Waals surface area contributed by atoms with Crippen molar-refractivity contribution in [2.24, 2.45) is 5.92 Å². The second-order valence-electron chi connectivity index (χ2n) is 9.55. The highest BCUT2D eigenvalue weighted by Gasteiger charge is 2.29. The number of nitrogens with zero attached hydrogens (tertiary/aromatic N) is 4. The molecule has 32 heavy (non-hydrogen) atoms. The average Bonchev–Trinajstić information content (AvgIpc) is 3.12. The molecule has 0 aromatic carbocycles. The summed E-state index contributed by atoms with van der Waals surface area (Å²) in [6.07, 6.45) is 10.1. The first-order chi connectivity index (χ1) is 15.6. The van der Waals surface area contributed by atoms with Crippen molar-refractivity contribution in [1.29, 1.82) is 0 Å². The molecule has 4 heterocycles. The van der Waals surface area contributed by atoms with Crippen molar-refractivity contribution in [2.45, 2.75) is 69.5 Å². The Bertz CT molecular complexity index is 970. The number of likely N-dealkylation sites (tertiary alicyclic amines) is 1. The fourth-order valence-corrected chi connectivity index (χ4v) is 5.23. The number of rotatable bonds is 5. The van der Waals surface area contributed by atoms with Crippen LogP contribution in [0.4, 0.5) is 0 Å². The molecule has 0 bridgehead atoms. The van der Waals surface area contributed by atoms with Gasteiger partial charge in [-0.1, -0.05) is 0 Å². The first-order valence-corrected chi connectivity index (χ1v) is 11.9. The fourth-order valence-electron chi connectivity index (χ4n) is 5.23. The van der Waals surface area contributed by atoms with Gasteiger partial charge < -0.3 is 19.5 Å². The van der Waals surface area contributed by atoms with Crippen LogP contribution in [-0.4, -0.2) is 69.9 Å². The van der Waals surface area contributed by atoms with Crippen molar-refractivity contribution < 1.29 is 19.4 Å². The van der Waals surface area contributed by atoms with Gasteiger partial charge >= 0.3 is 0 Å². The third-order valence-electron chi connectivity index (χ3n) is 7.14. The van der Waals surface area contributed by atoms with Gasteiger partial charge in [0.05, 0.1) is 30.2 Å². The molecule has 3 fully saturated rings. The van der Waals surface area contributed by atoms with Gasteiger partial charge in [0.25, 0.3) is 0 Å². The monoisotopic (exact) mass is 440 g/mol. The molecule has 2 aromatic heterocycles. The lowest BCUT2D eigenvalue weighted by molar-refractivity contribution is -0.126. The molecule has 2 aromatic rings. The minimum Gasteiger partial charge on any atom is -0.474 e. The Balaban J connectivity index is 1.46. The number of carbonyl (C=O) groups is 1.